The van der Waals surface area contributed by atoms with Crippen molar-refractivity contribution in [3.05, 3.63) is 24.3 Å². The first-order valence-electron chi connectivity index (χ1n) is 32.9. The first-order valence-corrected chi connectivity index (χ1v) is 32.9. The number of ether oxygens (including phenoxy) is 2. The molecule has 5 nitrogen and oxygen atoms in total. The molecule has 1 unspecified atom stereocenters. The van der Waals surface area contributed by atoms with Crippen LogP contribution < -0.4 is 0 Å². The van der Waals surface area contributed by atoms with Crippen LogP contribution in [0.3, 0.4) is 0 Å². The van der Waals surface area contributed by atoms with Crippen LogP contribution in [0.2, 0.25) is 0 Å². The van der Waals surface area contributed by atoms with Crippen molar-refractivity contribution in [2.75, 3.05) is 13.2 Å². The van der Waals surface area contributed by atoms with Gasteiger partial charge >= 0.3 is 11.9 Å². The largest absolute Gasteiger partial charge is 0.462 e. The Labute approximate surface area is 451 Å². The summed E-state index contributed by atoms with van der Waals surface area (Å²) in [4.78, 5) is 24.6. The van der Waals surface area contributed by atoms with Gasteiger partial charge in [-0.3, -0.25) is 9.59 Å². The maximum atomic E-state index is 12.3. The summed E-state index contributed by atoms with van der Waals surface area (Å²) in [6.45, 7) is 4.20. The highest BCUT2D eigenvalue weighted by atomic mass is 16.6. The second kappa shape index (κ2) is 63.7. The average Bonchev–Trinajstić information content (AvgIpc) is 3.38. The minimum Gasteiger partial charge on any atom is -0.462 e. The fourth-order valence-corrected chi connectivity index (χ4v) is 10.3. The van der Waals surface area contributed by atoms with E-state index in [2.05, 4.69) is 38.2 Å². The summed E-state index contributed by atoms with van der Waals surface area (Å²) in [5.41, 5.74) is 0. The van der Waals surface area contributed by atoms with Crippen LogP contribution in [-0.2, 0) is 19.1 Å². The van der Waals surface area contributed by atoms with E-state index in [9.17, 15) is 14.7 Å². The number of hydrogen-bond donors (Lipinski definition) is 1. The molecule has 0 heterocycles. The first kappa shape index (κ1) is 70.4. The monoisotopic (exact) mass is 1010 g/mol. The zero-order valence-electron chi connectivity index (χ0n) is 49.0. The minimum atomic E-state index is -0.767. The van der Waals surface area contributed by atoms with Gasteiger partial charge in [-0.1, -0.05) is 340 Å². The molecule has 0 rings (SSSR count). The van der Waals surface area contributed by atoms with Gasteiger partial charge in [-0.2, -0.15) is 0 Å². The second-order valence-electron chi connectivity index (χ2n) is 22.6. The summed E-state index contributed by atoms with van der Waals surface area (Å²) >= 11 is 0. The molecule has 0 radical (unpaired) electrons. The number of allylic oxidation sites excluding steroid dienone is 4. The molecular formula is C67H128O5. The van der Waals surface area contributed by atoms with E-state index in [0.29, 0.717) is 12.8 Å². The predicted octanol–water partition coefficient (Wildman–Crippen LogP) is 22.4. The molecule has 0 aliphatic rings. The lowest BCUT2D eigenvalue weighted by Gasteiger charge is -2.15. The van der Waals surface area contributed by atoms with Crippen LogP contribution in [0.1, 0.15) is 373 Å². The van der Waals surface area contributed by atoms with Crippen molar-refractivity contribution in [3.8, 4) is 0 Å². The maximum Gasteiger partial charge on any atom is 0.306 e. The lowest BCUT2D eigenvalue weighted by atomic mass is 10.0. The molecule has 0 aromatic heterocycles. The molecule has 0 fully saturated rings. The average molecular weight is 1010 g/mol. The molecule has 5 heteroatoms. The van der Waals surface area contributed by atoms with Gasteiger partial charge in [0.2, 0.25) is 0 Å². The van der Waals surface area contributed by atoms with Gasteiger partial charge < -0.3 is 14.6 Å². The van der Waals surface area contributed by atoms with E-state index in [4.69, 9.17) is 9.47 Å². The lowest BCUT2D eigenvalue weighted by Crippen LogP contribution is -2.28. The number of rotatable bonds is 62. The molecular weight excluding hydrogens is 885 g/mol. The molecule has 0 spiro atoms. The number of esters is 2. The highest BCUT2D eigenvalue weighted by molar-refractivity contribution is 5.70. The Morgan fingerprint density at radius 2 is 0.556 bits per heavy atom. The third kappa shape index (κ3) is 60.9. The van der Waals surface area contributed by atoms with Crippen LogP contribution in [-0.4, -0.2) is 36.4 Å². The summed E-state index contributed by atoms with van der Waals surface area (Å²) in [5, 5.41) is 9.68. The van der Waals surface area contributed by atoms with Gasteiger partial charge in [0.1, 0.15) is 6.61 Å². The molecule has 0 saturated heterocycles. The fourth-order valence-electron chi connectivity index (χ4n) is 10.3. The molecule has 1 N–H and O–H groups in total. The normalized spacial score (nSPS) is 12.2. The molecule has 426 valence electrons. The number of aliphatic hydroxyl groups is 1. The molecule has 0 amide bonds. The highest BCUT2D eigenvalue weighted by Crippen LogP contribution is 2.19. The summed E-state index contributed by atoms with van der Waals surface area (Å²) in [5.74, 6) is -0.564. The SMILES string of the molecule is CCCCCCC/C=C\C/C=C\CCCCCCCCCCCCCCCCCCCCCCCCCC(=O)OC(CO)COC(=O)CCCCCCCCCCCCCCCCCCCCCCCCC. The summed E-state index contributed by atoms with van der Waals surface area (Å²) in [6, 6.07) is 0. The molecule has 0 bridgehead atoms. The Bertz CT molecular complexity index is 1100. The van der Waals surface area contributed by atoms with Crippen LogP contribution in [0.15, 0.2) is 24.3 Å². The third-order valence-corrected chi connectivity index (χ3v) is 15.2. The van der Waals surface area contributed by atoms with Gasteiger partial charge in [0.05, 0.1) is 6.61 Å². The summed E-state index contributed by atoms with van der Waals surface area (Å²) in [7, 11) is 0. The van der Waals surface area contributed by atoms with Gasteiger partial charge in [0.15, 0.2) is 6.10 Å². The summed E-state index contributed by atoms with van der Waals surface area (Å²) in [6.07, 6.45) is 82.0. The molecule has 0 aliphatic carbocycles. The van der Waals surface area contributed by atoms with Crippen molar-refractivity contribution in [2.45, 2.75) is 380 Å². The first-order chi connectivity index (χ1) is 35.6. The van der Waals surface area contributed by atoms with E-state index in [0.717, 1.165) is 38.5 Å². The van der Waals surface area contributed by atoms with Crippen LogP contribution in [0, 0.1) is 0 Å². The zero-order valence-corrected chi connectivity index (χ0v) is 49.0. The Balaban J connectivity index is 3.38. The fraction of sp³-hybridized carbons (Fsp3) is 0.910. The molecule has 0 aromatic carbocycles. The highest BCUT2D eigenvalue weighted by Gasteiger charge is 2.16. The van der Waals surface area contributed by atoms with Crippen molar-refractivity contribution in [3.63, 3.8) is 0 Å². The topological polar surface area (TPSA) is 72.8 Å². The van der Waals surface area contributed by atoms with Crippen LogP contribution >= 0.6 is 0 Å². The maximum absolute atomic E-state index is 12.3. The van der Waals surface area contributed by atoms with Gasteiger partial charge in [0.25, 0.3) is 0 Å². The number of aliphatic hydroxyl groups excluding tert-OH is 1. The van der Waals surface area contributed by atoms with Gasteiger partial charge in [-0.05, 0) is 44.9 Å². The second-order valence-corrected chi connectivity index (χ2v) is 22.6. The Hall–Kier alpha value is -1.62. The number of carbonyl (C=O) groups is 2. The van der Waals surface area contributed by atoms with Crippen molar-refractivity contribution < 1.29 is 24.2 Å². The lowest BCUT2D eigenvalue weighted by molar-refractivity contribution is -0.161. The molecule has 0 aliphatic heterocycles. The predicted molar refractivity (Wildman–Crippen MR) is 316 cm³/mol. The van der Waals surface area contributed by atoms with E-state index < -0.39 is 6.10 Å². The van der Waals surface area contributed by atoms with E-state index in [1.165, 1.54) is 308 Å². The van der Waals surface area contributed by atoms with E-state index in [1.54, 1.807) is 0 Å². The van der Waals surface area contributed by atoms with Crippen molar-refractivity contribution in [1.82, 2.24) is 0 Å². The molecule has 0 aromatic rings. The Morgan fingerprint density at radius 1 is 0.319 bits per heavy atom. The van der Waals surface area contributed by atoms with Crippen LogP contribution in [0.25, 0.3) is 0 Å². The van der Waals surface area contributed by atoms with Crippen molar-refractivity contribution in [2.24, 2.45) is 0 Å². The Morgan fingerprint density at radius 3 is 0.819 bits per heavy atom. The third-order valence-electron chi connectivity index (χ3n) is 15.2. The van der Waals surface area contributed by atoms with E-state index in [-0.39, 0.29) is 25.2 Å². The molecule has 72 heavy (non-hydrogen) atoms. The number of hydrogen-bond acceptors (Lipinski definition) is 5. The van der Waals surface area contributed by atoms with Gasteiger partial charge in [-0.25, -0.2) is 0 Å². The minimum absolute atomic E-state index is 0.0574. The van der Waals surface area contributed by atoms with Gasteiger partial charge in [-0.15, -0.1) is 0 Å². The van der Waals surface area contributed by atoms with Crippen molar-refractivity contribution in [1.29, 1.82) is 0 Å². The summed E-state index contributed by atoms with van der Waals surface area (Å²) < 4.78 is 10.7. The van der Waals surface area contributed by atoms with Crippen LogP contribution in [0.5, 0.6) is 0 Å². The van der Waals surface area contributed by atoms with Crippen molar-refractivity contribution >= 4 is 11.9 Å². The number of carbonyl (C=O) groups excluding carboxylic acids is 2. The van der Waals surface area contributed by atoms with E-state index in [1.807, 2.05) is 0 Å². The standard InChI is InChI=1S/C67H128O5/c1-3-5-7-9-11-13-15-17-19-21-23-25-27-28-29-30-31-32-33-34-35-36-37-38-40-42-44-46-48-50-52-54-56-58-60-62-67(70)72-65(63-68)64-71-66(69)61-59-57-55-53-51-49-47-45-43-41-39-26-24-22-20-18-16-14-12-10-8-6-4-2/h15,17,21,23,65,68H,3-14,16,18-20,22,24-64H2,1-2H3/b17-15-,23-21-. The quantitative estimate of drug-likeness (QED) is 0.0373. The Kier molecular flexibility index (Phi) is 62.2. The zero-order chi connectivity index (χ0) is 52.0. The number of unbranched alkanes of at least 4 members (excludes halogenated alkanes) is 50. The van der Waals surface area contributed by atoms with Crippen LogP contribution in [0.4, 0.5) is 0 Å². The van der Waals surface area contributed by atoms with Gasteiger partial charge in [0, 0.05) is 12.8 Å². The smallest absolute Gasteiger partial charge is 0.306 e. The molecule has 0 saturated carbocycles. The van der Waals surface area contributed by atoms with E-state index >= 15 is 0 Å². The molecule has 1 atom stereocenters.